The lowest BCUT2D eigenvalue weighted by Gasteiger charge is -2.40. The van der Waals surface area contributed by atoms with Crippen LogP contribution in [0.5, 0.6) is 0 Å². The summed E-state index contributed by atoms with van der Waals surface area (Å²) in [5.74, 6) is 0.892. The van der Waals surface area contributed by atoms with Crippen molar-refractivity contribution < 1.29 is 9.47 Å². The average molecular weight is 255 g/mol. The fourth-order valence-electron chi connectivity index (χ4n) is 4.18. The van der Waals surface area contributed by atoms with E-state index in [9.17, 15) is 0 Å². The fraction of sp³-hybridized carbons (Fsp3) is 1.00. The first-order valence-electron chi connectivity index (χ1n) is 7.21. The standard InChI is InChI=1S/C15H29NO2/c1-14(2)11-6-7-15(14,3)13(8-11)16-9-12(18-5)10-17-4/h11-13,16H,6-10H2,1-5H3. The molecule has 0 heterocycles. The van der Waals surface area contributed by atoms with Gasteiger partial charge in [-0.25, -0.2) is 0 Å². The second-order valence-electron chi connectivity index (χ2n) is 6.88. The molecule has 0 saturated heterocycles. The summed E-state index contributed by atoms with van der Waals surface area (Å²) >= 11 is 0. The van der Waals surface area contributed by atoms with Gasteiger partial charge in [-0.3, -0.25) is 0 Å². The fourth-order valence-corrected chi connectivity index (χ4v) is 4.18. The molecule has 0 amide bonds. The van der Waals surface area contributed by atoms with Crippen molar-refractivity contribution in [1.29, 1.82) is 0 Å². The van der Waals surface area contributed by atoms with Gasteiger partial charge >= 0.3 is 0 Å². The highest BCUT2D eigenvalue weighted by Crippen LogP contribution is 2.65. The molecule has 2 fully saturated rings. The third-order valence-corrected chi connectivity index (χ3v) is 6.07. The van der Waals surface area contributed by atoms with Crippen molar-refractivity contribution in [2.75, 3.05) is 27.4 Å². The van der Waals surface area contributed by atoms with Gasteiger partial charge in [-0.15, -0.1) is 0 Å². The first-order valence-corrected chi connectivity index (χ1v) is 7.21. The quantitative estimate of drug-likeness (QED) is 0.791. The Hall–Kier alpha value is -0.120. The Morgan fingerprint density at radius 3 is 2.44 bits per heavy atom. The highest BCUT2D eigenvalue weighted by molar-refractivity contribution is 5.13. The molecular formula is C15H29NO2. The number of rotatable bonds is 6. The van der Waals surface area contributed by atoms with Gasteiger partial charge in [0.2, 0.25) is 0 Å². The van der Waals surface area contributed by atoms with Gasteiger partial charge in [-0.1, -0.05) is 20.8 Å². The normalized spacial score (nSPS) is 39.2. The highest BCUT2D eigenvalue weighted by atomic mass is 16.5. The molecule has 2 aliphatic rings. The van der Waals surface area contributed by atoms with Crippen molar-refractivity contribution >= 4 is 0 Å². The molecule has 1 N–H and O–H groups in total. The smallest absolute Gasteiger partial charge is 0.0928 e. The number of hydrogen-bond acceptors (Lipinski definition) is 3. The molecule has 106 valence electrons. The van der Waals surface area contributed by atoms with Crippen molar-refractivity contribution in [3.63, 3.8) is 0 Å². The van der Waals surface area contributed by atoms with Crippen LogP contribution in [0.2, 0.25) is 0 Å². The zero-order valence-corrected chi connectivity index (χ0v) is 12.6. The Morgan fingerprint density at radius 1 is 1.28 bits per heavy atom. The van der Waals surface area contributed by atoms with E-state index in [0.29, 0.717) is 23.5 Å². The van der Waals surface area contributed by atoms with Gasteiger partial charge in [0, 0.05) is 26.8 Å². The molecule has 3 nitrogen and oxygen atoms in total. The second-order valence-corrected chi connectivity index (χ2v) is 6.88. The maximum Gasteiger partial charge on any atom is 0.0928 e. The lowest BCUT2D eigenvalue weighted by Crippen LogP contribution is -2.47. The van der Waals surface area contributed by atoms with E-state index in [4.69, 9.17) is 9.47 Å². The molecule has 2 rings (SSSR count). The number of nitrogens with one attached hydrogen (secondary N) is 1. The first kappa shape index (κ1) is 14.3. The molecular weight excluding hydrogens is 226 g/mol. The van der Waals surface area contributed by atoms with Gasteiger partial charge in [0.25, 0.3) is 0 Å². The largest absolute Gasteiger partial charge is 0.382 e. The third kappa shape index (κ3) is 2.10. The van der Waals surface area contributed by atoms with E-state index in [1.807, 2.05) is 0 Å². The molecule has 3 heteroatoms. The molecule has 0 aromatic rings. The predicted octanol–water partition coefficient (Wildman–Crippen LogP) is 2.45. The van der Waals surface area contributed by atoms with Crippen LogP contribution in [0.4, 0.5) is 0 Å². The lowest BCUT2D eigenvalue weighted by atomic mass is 9.69. The molecule has 4 unspecified atom stereocenters. The SMILES string of the molecule is COCC(CNC1CC2CCC1(C)C2(C)C)OC. The minimum atomic E-state index is 0.167. The lowest BCUT2D eigenvalue weighted by molar-refractivity contribution is 0.0219. The van der Waals surface area contributed by atoms with E-state index in [0.717, 1.165) is 12.5 Å². The molecule has 0 aliphatic heterocycles. The monoisotopic (exact) mass is 255 g/mol. The number of ether oxygens (including phenoxy) is 2. The second kappa shape index (κ2) is 5.10. The van der Waals surface area contributed by atoms with Crippen LogP contribution in [0.3, 0.4) is 0 Å². The zero-order chi connectivity index (χ0) is 13.4. The van der Waals surface area contributed by atoms with Crippen LogP contribution in [0.15, 0.2) is 0 Å². The van der Waals surface area contributed by atoms with Gasteiger partial charge < -0.3 is 14.8 Å². The summed E-state index contributed by atoms with van der Waals surface area (Å²) in [7, 11) is 3.49. The van der Waals surface area contributed by atoms with E-state index >= 15 is 0 Å². The molecule has 2 bridgehead atoms. The van der Waals surface area contributed by atoms with E-state index in [1.165, 1.54) is 19.3 Å². The average Bonchev–Trinajstić information content (AvgIpc) is 2.67. The van der Waals surface area contributed by atoms with Gasteiger partial charge in [0.05, 0.1) is 12.7 Å². The third-order valence-electron chi connectivity index (χ3n) is 6.07. The van der Waals surface area contributed by atoms with Gasteiger partial charge in [0.15, 0.2) is 0 Å². The van der Waals surface area contributed by atoms with Crippen LogP contribution in [0.25, 0.3) is 0 Å². The molecule has 2 saturated carbocycles. The predicted molar refractivity (Wildman–Crippen MR) is 73.7 cm³/mol. The van der Waals surface area contributed by atoms with Crippen molar-refractivity contribution in [1.82, 2.24) is 5.32 Å². The van der Waals surface area contributed by atoms with Crippen molar-refractivity contribution in [2.45, 2.75) is 52.2 Å². The molecule has 0 radical (unpaired) electrons. The van der Waals surface area contributed by atoms with Gasteiger partial charge in [-0.05, 0) is 36.0 Å². The highest BCUT2D eigenvalue weighted by Gasteiger charge is 2.60. The summed E-state index contributed by atoms with van der Waals surface area (Å²) in [6.07, 6.45) is 4.27. The Morgan fingerprint density at radius 2 is 2.00 bits per heavy atom. The number of hydrogen-bond donors (Lipinski definition) is 1. The van der Waals surface area contributed by atoms with Crippen LogP contribution < -0.4 is 5.32 Å². The van der Waals surface area contributed by atoms with Crippen LogP contribution in [0.1, 0.15) is 40.0 Å². The topological polar surface area (TPSA) is 30.5 Å². The molecule has 0 aromatic carbocycles. The van der Waals surface area contributed by atoms with Crippen molar-refractivity contribution in [2.24, 2.45) is 16.7 Å². The van der Waals surface area contributed by atoms with Crippen LogP contribution in [0, 0.1) is 16.7 Å². The zero-order valence-electron chi connectivity index (χ0n) is 12.6. The summed E-state index contributed by atoms with van der Waals surface area (Å²) in [6.45, 7) is 8.94. The van der Waals surface area contributed by atoms with E-state index < -0.39 is 0 Å². The molecule has 18 heavy (non-hydrogen) atoms. The Labute approximate surface area is 112 Å². The van der Waals surface area contributed by atoms with Gasteiger partial charge in [-0.2, -0.15) is 0 Å². The summed E-state index contributed by atoms with van der Waals surface area (Å²) in [6, 6.07) is 0.640. The summed E-state index contributed by atoms with van der Waals surface area (Å²) in [5.41, 5.74) is 0.928. The number of fused-ring (bicyclic) bond motifs is 2. The summed E-state index contributed by atoms with van der Waals surface area (Å²) in [4.78, 5) is 0. The minimum absolute atomic E-state index is 0.167. The molecule has 0 aromatic heterocycles. The van der Waals surface area contributed by atoms with Crippen LogP contribution in [-0.2, 0) is 9.47 Å². The Kier molecular flexibility index (Phi) is 4.05. The number of methoxy groups -OCH3 is 2. The maximum absolute atomic E-state index is 5.43. The van der Waals surface area contributed by atoms with Crippen molar-refractivity contribution in [3.8, 4) is 0 Å². The Bertz CT molecular complexity index is 292. The maximum atomic E-state index is 5.43. The van der Waals surface area contributed by atoms with Crippen molar-refractivity contribution in [3.05, 3.63) is 0 Å². The molecule has 0 spiro atoms. The summed E-state index contributed by atoms with van der Waals surface area (Å²) < 4.78 is 10.6. The molecule has 4 atom stereocenters. The van der Waals surface area contributed by atoms with Crippen LogP contribution >= 0.6 is 0 Å². The van der Waals surface area contributed by atoms with E-state index in [1.54, 1.807) is 14.2 Å². The van der Waals surface area contributed by atoms with E-state index in [-0.39, 0.29) is 6.10 Å². The van der Waals surface area contributed by atoms with E-state index in [2.05, 4.69) is 26.1 Å². The Balaban J connectivity index is 1.92. The van der Waals surface area contributed by atoms with Gasteiger partial charge in [0.1, 0.15) is 0 Å². The first-order chi connectivity index (χ1) is 8.45. The minimum Gasteiger partial charge on any atom is -0.382 e. The molecule has 2 aliphatic carbocycles. The van der Waals surface area contributed by atoms with Crippen LogP contribution in [-0.4, -0.2) is 39.5 Å². The summed E-state index contributed by atoms with van der Waals surface area (Å²) in [5, 5.41) is 3.74.